The Kier molecular flexibility index (Phi) is 3.92. The van der Waals surface area contributed by atoms with Crippen molar-refractivity contribution in [3.8, 4) is 0 Å². The molecule has 0 fully saturated rings. The number of nitrogens with two attached hydrogens (primary N) is 1. The molecule has 0 bridgehead atoms. The van der Waals surface area contributed by atoms with E-state index in [1.165, 1.54) is 21.5 Å². The molecule has 21 heavy (non-hydrogen) atoms. The minimum atomic E-state index is -0.526. The molecule has 0 aliphatic rings. The second kappa shape index (κ2) is 5.65. The summed E-state index contributed by atoms with van der Waals surface area (Å²) in [6, 6.07) is 1.26. The van der Waals surface area contributed by atoms with Crippen molar-refractivity contribution in [2.75, 3.05) is 5.73 Å². The van der Waals surface area contributed by atoms with Gasteiger partial charge in [-0.3, -0.25) is 19.6 Å². The molecule has 0 aliphatic carbocycles. The van der Waals surface area contributed by atoms with Crippen molar-refractivity contribution in [2.45, 2.75) is 20.0 Å². The van der Waals surface area contributed by atoms with Crippen LogP contribution in [0.5, 0.6) is 0 Å². The summed E-state index contributed by atoms with van der Waals surface area (Å²) in [5, 5.41) is 17.4. The quantitative estimate of drug-likeness (QED) is 0.619. The summed E-state index contributed by atoms with van der Waals surface area (Å²) in [4.78, 5) is 22.4. The van der Waals surface area contributed by atoms with E-state index in [4.69, 9.17) is 5.73 Å². The molecule has 112 valence electrons. The molecule has 0 aromatic carbocycles. The minimum absolute atomic E-state index is 0.108. The molecule has 0 saturated carbocycles. The lowest BCUT2D eigenvalue weighted by Crippen LogP contribution is -2.25. The van der Waals surface area contributed by atoms with Gasteiger partial charge in [-0.05, 0) is 6.92 Å². The Bertz CT molecular complexity index is 687. The van der Waals surface area contributed by atoms with Crippen LogP contribution in [0.4, 0.5) is 11.5 Å². The maximum Gasteiger partial charge on any atom is 0.287 e. The molecule has 0 radical (unpaired) electrons. The van der Waals surface area contributed by atoms with E-state index in [1.54, 1.807) is 20.2 Å². The molecule has 0 aliphatic heterocycles. The Morgan fingerprint density at radius 3 is 2.81 bits per heavy atom. The number of rotatable bonds is 5. The molecular formula is C12H16N6O3. The normalized spacial score (nSPS) is 10.6. The molecule has 9 nitrogen and oxygen atoms in total. The van der Waals surface area contributed by atoms with Crippen molar-refractivity contribution < 1.29 is 9.72 Å². The summed E-state index contributed by atoms with van der Waals surface area (Å²) in [5.74, 6) is 0.0698. The van der Waals surface area contributed by atoms with Gasteiger partial charge in [0.1, 0.15) is 11.5 Å². The largest absolute Gasteiger partial charge is 0.384 e. The van der Waals surface area contributed by atoms with Crippen molar-refractivity contribution in [3.05, 3.63) is 39.8 Å². The summed E-state index contributed by atoms with van der Waals surface area (Å²) >= 11 is 0. The van der Waals surface area contributed by atoms with Crippen molar-refractivity contribution in [1.29, 1.82) is 0 Å². The summed E-state index contributed by atoms with van der Waals surface area (Å²) < 4.78 is 3.03. The molecule has 1 amide bonds. The van der Waals surface area contributed by atoms with E-state index in [-0.39, 0.29) is 17.9 Å². The first-order valence-corrected chi connectivity index (χ1v) is 6.33. The fourth-order valence-electron chi connectivity index (χ4n) is 1.94. The number of nitrogen functional groups attached to an aromatic ring is 1. The predicted octanol–water partition coefficient (Wildman–Crippen LogP) is 0.662. The van der Waals surface area contributed by atoms with Crippen molar-refractivity contribution in [1.82, 2.24) is 19.7 Å². The molecule has 0 spiro atoms. The lowest BCUT2D eigenvalue weighted by molar-refractivity contribution is -0.384. The Labute approximate surface area is 120 Å². The average molecular weight is 292 g/mol. The number of anilines is 1. The van der Waals surface area contributed by atoms with Gasteiger partial charge in [0, 0.05) is 31.8 Å². The van der Waals surface area contributed by atoms with Gasteiger partial charge in [-0.15, -0.1) is 0 Å². The van der Waals surface area contributed by atoms with Crippen LogP contribution >= 0.6 is 0 Å². The SMILES string of the molecule is CCn1cc([N+](=O)[O-])cc1C(=O)NCc1cnn(C)c1N. The van der Waals surface area contributed by atoms with E-state index >= 15 is 0 Å². The zero-order chi connectivity index (χ0) is 15.6. The monoisotopic (exact) mass is 292 g/mol. The van der Waals surface area contributed by atoms with Crippen LogP contribution in [-0.4, -0.2) is 25.2 Å². The third kappa shape index (κ3) is 2.86. The zero-order valence-corrected chi connectivity index (χ0v) is 11.7. The highest BCUT2D eigenvalue weighted by molar-refractivity contribution is 5.93. The predicted molar refractivity (Wildman–Crippen MR) is 75.6 cm³/mol. The van der Waals surface area contributed by atoms with Crippen LogP contribution in [-0.2, 0) is 20.1 Å². The van der Waals surface area contributed by atoms with Crippen molar-refractivity contribution in [2.24, 2.45) is 7.05 Å². The smallest absolute Gasteiger partial charge is 0.287 e. The third-order valence-electron chi connectivity index (χ3n) is 3.17. The van der Waals surface area contributed by atoms with Crippen LogP contribution in [0.2, 0.25) is 0 Å². The van der Waals surface area contributed by atoms with Gasteiger partial charge in [0.15, 0.2) is 0 Å². The van der Waals surface area contributed by atoms with Gasteiger partial charge < -0.3 is 15.6 Å². The first-order valence-electron chi connectivity index (χ1n) is 6.33. The van der Waals surface area contributed by atoms with Gasteiger partial charge in [-0.25, -0.2) is 0 Å². The number of hydrogen-bond donors (Lipinski definition) is 2. The van der Waals surface area contributed by atoms with Crippen LogP contribution in [0.15, 0.2) is 18.5 Å². The van der Waals surface area contributed by atoms with Crippen LogP contribution in [0.25, 0.3) is 0 Å². The summed E-state index contributed by atoms with van der Waals surface area (Å²) in [6.45, 7) is 2.48. The van der Waals surface area contributed by atoms with E-state index in [1.807, 2.05) is 0 Å². The Morgan fingerprint density at radius 1 is 1.57 bits per heavy atom. The summed E-state index contributed by atoms with van der Waals surface area (Å²) in [6.07, 6.45) is 2.91. The average Bonchev–Trinajstić information content (AvgIpc) is 3.02. The number of carbonyl (C=O) groups excluding carboxylic acids is 1. The van der Waals surface area contributed by atoms with Crippen molar-refractivity contribution >= 4 is 17.4 Å². The number of aromatic nitrogens is 3. The minimum Gasteiger partial charge on any atom is -0.384 e. The molecule has 0 saturated heterocycles. The number of amides is 1. The second-order valence-electron chi connectivity index (χ2n) is 4.49. The molecule has 2 aromatic heterocycles. The van der Waals surface area contributed by atoms with Gasteiger partial charge in [0.25, 0.3) is 11.6 Å². The first kappa shape index (κ1) is 14.6. The lowest BCUT2D eigenvalue weighted by atomic mass is 10.3. The number of nitro groups is 1. The second-order valence-corrected chi connectivity index (χ2v) is 4.49. The Hall–Kier alpha value is -2.84. The Balaban J connectivity index is 2.13. The molecule has 2 rings (SSSR count). The van der Waals surface area contributed by atoms with Gasteiger partial charge in [-0.1, -0.05) is 0 Å². The molecule has 2 aromatic rings. The number of aryl methyl sites for hydroxylation is 2. The number of nitrogens with zero attached hydrogens (tertiary/aromatic N) is 4. The van der Waals surface area contributed by atoms with Gasteiger partial charge in [-0.2, -0.15) is 5.10 Å². The Morgan fingerprint density at radius 2 is 2.29 bits per heavy atom. The molecule has 0 atom stereocenters. The molecule has 9 heteroatoms. The number of hydrogen-bond acceptors (Lipinski definition) is 5. The fraction of sp³-hybridized carbons (Fsp3) is 0.333. The van der Waals surface area contributed by atoms with E-state index in [0.717, 1.165) is 0 Å². The topological polar surface area (TPSA) is 121 Å². The first-order chi connectivity index (χ1) is 9.93. The van der Waals surface area contributed by atoms with Gasteiger partial charge in [0.05, 0.1) is 17.3 Å². The van der Waals surface area contributed by atoms with E-state index < -0.39 is 10.8 Å². The van der Waals surface area contributed by atoms with Crippen LogP contribution in [0.1, 0.15) is 23.0 Å². The number of nitrogens with one attached hydrogen (secondary N) is 1. The van der Waals surface area contributed by atoms with E-state index in [9.17, 15) is 14.9 Å². The summed E-state index contributed by atoms with van der Waals surface area (Å²) in [5.41, 5.74) is 6.61. The van der Waals surface area contributed by atoms with E-state index in [0.29, 0.717) is 17.9 Å². The maximum absolute atomic E-state index is 12.1. The van der Waals surface area contributed by atoms with Crippen LogP contribution in [0.3, 0.4) is 0 Å². The molecule has 2 heterocycles. The van der Waals surface area contributed by atoms with Crippen LogP contribution < -0.4 is 11.1 Å². The molecule has 3 N–H and O–H groups in total. The fourth-order valence-corrected chi connectivity index (χ4v) is 1.94. The van der Waals surface area contributed by atoms with Gasteiger partial charge in [0.2, 0.25) is 0 Å². The lowest BCUT2D eigenvalue weighted by Gasteiger charge is -2.07. The summed E-state index contributed by atoms with van der Waals surface area (Å²) in [7, 11) is 1.70. The molecule has 0 unspecified atom stereocenters. The zero-order valence-electron chi connectivity index (χ0n) is 11.7. The maximum atomic E-state index is 12.1. The standard InChI is InChI=1S/C12H16N6O3/c1-3-17-7-9(18(20)21)4-10(17)12(19)14-5-8-6-15-16(2)11(8)13/h4,6-7H,3,5,13H2,1-2H3,(H,14,19). The van der Waals surface area contributed by atoms with Gasteiger partial charge >= 0.3 is 0 Å². The number of carbonyl (C=O) groups is 1. The highest BCUT2D eigenvalue weighted by atomic mass is 16.6. The van der Waals surface area contributed by atoms with E-state index in [2.05, 4.69) is 10.4 Å². The third-order valence-corrected chi connectivity index (χ3v) is 3.17. The van der Waals surface area contributed by atoms with Crippen LogP contribution in [0, 0.1) is 10.1 Å². The van der Waals surface area contributed by atoms with Crippen molar-refractivity contribution in [3.63, 3.8) is 0 Å². The highest BCUT2D eigenvalue weighted by Crippen LogP contribution is 2.17. The molecular weight excluding hydrogens is 276 g/mol. The highest BCUT2D eigenvalue weighted by Gasteiger charge is 2.18.